The Bertz CT molecular complexity index is 2060. The van der Waals surface area contributed by atoms with Crippen molar-refractivity contribution in [3.63, 3.8) is 0 Å². The fourth-order valence-electron chi connectivity index (χ4n) is 4.65. The van der Waals surface area contributed by atoms with Crippen LogP contribution in [0.3, 0.4) is 0 Å². The maximum atomic E-state index is 8.68. The Morgan fingerprint density at radius 1 is 0.762 bits per heavy atom. The Balaban J connectivity index is 0.000000163. The molecule has 0 bridgehead atoms. The molecule has 2 radical (unpaired) electrons. The molecule has 8 aromatic heterocycles. The third-order valence-corrected chi connectivity index (χ3v) is 6.51. The maximum Gasteiger partial charge on any atom is 0.156 e. The zero-order valence-electron chi connectivity index (χ0n) is 24.1. The molecule has 12 heteroatoms. The molecule has 208 valence electrons. The van der Waals surface area contributed by atoms with Gasteiger partial charge in [0.2, 0.25) is 0 Å². The summed E-state index contributed by atoms with van der Waals surface area (Å²) in [5.41, 5.74) is 10.9. The number of hydrogen-bond acceptors (Lipinski definition) is 5. The van der Waals surface area contributed by atoms with E-state index in [1.54, 1.807) is 6.20 Å². The summed E-state index contributed by atoms with van der Waals surface area (Å²) in [6, 6.07) is 14.4. The predicted octanol–water partition coefficient (Wildman–Crippen LogP) is 5.14. The predicted molar refractivity (Wildman–Crippen MR) is 157 cm³/mol. The van der Waals surface area contributed by atoms with Crippen LogP contribution in [0, 0.1) is 20.0 Å². The second kappa shape index (κ2) is 14.9. The van der Waals surface area contributed by atoms with Crippen LogP contribution in [0.5, 0.6) is 0 Å². The Morgan fingerprint density at radius 3 is 2.02 bits per heavy atom. The number of nitrogens with zero attached hydrogens (tertiary/aromatic N) is 8. The van der Waals surface area contributed by atoms with E-state index in [1.165, 1.54) is 30.1 Å². The van der Waals surface area contributed by atoms with Crippen LogP contribution >= 0.6 is 0 Å². The normalized spacial score (nSPS) is 10.2. The van der Waals surface area contributed by atoms with Crippen molar-refractivity contribution in [2.45, 2.75) is 20.8 Å². The van der Waals surface area contributed by atoms with E-state index in [4.69, 9.17) is 4.79 Å². The summed E-state index contributed by atoms with van der Waals surface area (Å²) < 4.78 is 8.38. The Labute approximate surface area is 293 Å². The van der Waals surface area contributed by atoms with Crippen LogP contribution in [0.25, 0.3) is 44.5 Å². The number of H-pyrrole nitrogens is 1. The van der Waals surface area contributed by atoms with E-state index in [0.29, 0.717) is 0 Å². The average Bonchev–Trinajstić information content (AvgIpc) is 3.79. The zero-order chi connectivity index (χ0) is 28.2. The Morgan fingerprint density at radius 2 is 1.36 bits per heavy atom. The van der Waals surface area contributed by atoms with E-state index >= 15 is 0 Å². The summed E-state index contributed by atoms with van der Waals surface area (Å²) >= 11 is 0. The fourth-order valence-corrected chi connectivity index (χ4v) is 4.65. The van der Waals surface area contributed by atoms with Gasteiger partial charge in [0.25, 0.3) is 0 Å². The number of carbonyl (C=O) groups excluding carboxylic acids is 1. The first-order chi connectivity index (χ1) is 19.4. The van der Waals surface area contributed by atoms with Gasteiger partial charge >= 0.3 is 0 Å². The summed E-state index contributed by atoms with van der Waals surface area (Å²) in [5.74, 6) is 0. The van der Waals surface area contributed by atoms with Gasteiger partial charge in [-0.1, -0.05) is 0 Å². The van der Waals surface area contributed by atoms with E-state index in [-0.39, 0.29) is 65.4 Å². The van der Waals surface area contributed by atoms with Crippen molar-refractivity contribution in [1.29, 1.82) is 0 Å². The molecule has 0 aliphatic carbocycles. The van der Waals surface area contributed by atoms with Crippen LogP contribution in [-0.4, -0.2) is 49.1 Å². The van der Waals surface area contributed by atoms with Crippen molar-refractivity contribution in [1.82, 2.24) is 42.9 Å². The third kappa shape index (κ3) is 6.78. The second-order valence-corrected chi connectivity index (χ2v) is 9.17. The number of hydrogen-bond donors (Lipinski definition) is 1. The van der Waals surface area contributed by atoms with Crippen LogP contribution in [0.4, 0.5) is 0 Å². The minimum absolute atomic E-state index is 0. The molecule has 0 unspecified atom stereocenters. The maximum absolute atomic E-state index is 8.68. The standard InChI is InChI=1S/C11H11N3.C10H9N3.C7H6N3.C2H3O.2Y/c1-8-3-4-9-7-12-11-10(14(8)9)5-6-13(11)2;1-7-2-3-8-6-12-10-9(13(7)8)4-5-11-10;1-10-5-2-6-7(10)9-4-3-8-6;1-2-3;;/h3-7H,1-2H3;2-6,11H,1H3;2,4-5H,1H3;1H3;;/q;;2*-1;;. The van der Waals surface area contributed by atoms with E-state index in [9.17, 15) is 0 Å². The van der Waals surface area contributed by atoms with Gasteiger partial charge < -0.3 is 32.7 Å². The van der Waals surface area contributed by atoms with Crippen molar-refractivity contribution in [3.8, 4) is 0 Å². The molecule has 0 atom stereocenters. The number of aromatic nitrogens is 9. The SMILES string of the molecule is C[C-]=O.Cc1ccc2cnc3[nH]ccc3n12.Cc1ccc2cnc3c(ccn3C)n12.Cn1ccc2n[c-]cnc21.[Y].[Y]. The minimum atomic E-state index is 0. The molecule has 0 saturated heterocycles. The molecule has 10 nitrogen and oxygen atoms in total. The van der Waals surface area contributed by atoms with Crippen molar-refractivity contribution in [2.75, 3.05) is 0 Å². The zero-order valence-corrected chi connectivity index (χ0v) is 29.8. The van der Waals surface area contributed by atoms with Gasteiger partial charge in [-0.25, -0.2) is 9.97 Å². The van der Waals surface area contributed by atoms with E-state index in [0.717, 1.165) is 39.0 Å². The van der Waals surface area contributed by atoms with E-state index in [2.05, 4.69) is 84.1 Å². The first-order valence-corrected chi connectivity index (χ1v) is 12.6. The van der Waals surface area contributed by atoms with Gasteiger partial charge in [-0.3, -0.25) is 11.3 Å². The molecular weight excluding hydrogens is 680 g/mol. The van der Waals surface area contributed by atoms with Gasteiger partial charge in [0.1, 0.15) is 0 Å². The first kappa shape index (κ1) is 33.5. The molecule has 8 aromatic rings. The van der Waals surface area contributed by atoms with Gasteiger partial charge in [0, 0.05) is 103 Å². The van der Waals surface area contributed by atoms with Gasteiger partial charge in [-0.2, -0.15) is 6.92 Å². The Kier molecular flexibility index (Phi) is 11.9. The minimum Gasteiger partial charge on any atom is -0.542 e. The molecule has 0 fully saturated rings. The van der Waals surface area contributed by atoms with Crippen LogP contribution in [0.1, 0.15) is 18.3 Å². The first-order valence-electron chi connectivity index (χ1n) is 12.6. The smallest absolute Gasteiger partial charge is 0.156 e. The number of aryl methyl sites for hydroxylation is 4. The van der Waals surface area contributed by atoms with Gasteiger partial charge in [-0.05, 0) is 68.2 Å². The number of fused-ring (bicyclic) bond motifs is 7. The molecule has 8 rings (SSSR count). The molecule has 0 aromatic carbocycles. The number of rotatable bonds is 0. The average molecular weight is 709 g/mol. The molecule has 0 aliphatic heterocycles. The van der Waals surface area contributed by atoms with E-state index < -0.39 is 0 Å². The van der Waals surface area contributed by atoms with E-state index in [1.807, 2.05) is 66.3 Å². The summed E-state index contributed by atoms with van der Waals surface area (Å²) in [6.45, 7) is 5.53. The molecule has 0 aliphatic rings. The van der Waals surface area contributed by atoms with Crippen LogP contribution < -0.4 is 0 Å². The van der Waals surface area contributed by atoms with Crippen molar-refractivity contribution in [2.24, 2.45) is 14.1 Å². The quantitative estimate of drug-likeness (QED) is 0.220. The number of nitrogens with one attached hydrogen (secondary N) is 1. The monoisotopic (exact) mass is 709 g/mol. The van der Waals surface area contributed by atoms with Crippen molar-refractivity contribution < 1.29 is 70.2 Å². The van der Waals surface area contributed by atoms with Gasteiger partial charge in [-0.15, -0.1) is 12.3 Å². The van der Waals surface area contributed by atoms with Crippen LogP contribution in [0.15, 0.2) is 79.6 Å². The molecule has 42 heavy (non-hydrogen) atoms. The molecule has 8 heterocycles. The molecule has 0 saturated carbocycles. The molecule has 1 N–H and O–H groups in total. The van der Waals surface area contributed by atoms with Gasteiger partial charge in [0.05, 0.1) is 40.1 Å². The topological polar surface area (TPSA) is 103 Å². The van der Waals surface area contributed by atoms with Gasteiger partial charge in [0.15, 0.2) is 11.3 Å². The van der Waals surface area contributed by atoms with Crippen molar-refractivity contribution >= 4 is 50.8 Å². The number of aromatic amines is 1. The summed E-state index contributed by atoms with van der Waals surface area (Å²) in [6.07, 6.45) is 15.4. The summed E-state index contributed by atoms with van der Waals surface area (Å²) in [7, 11) is 3.96. The fraction of sp³-hybridized carbons (Fsp3) is 0.167. The van der Waals surface area contributed by atoms with Crippen molar-refractivity contribution in [3.05, 3.63) is 97.2 Å². The molecular formula is C30H29N9OY2-2. The summed E-state index contributed by atoms with van der Waals surface area (Å²) in [4.78, 5) is 28.6. The van der Waals surface area contributed by atoms with Crippen LogP contribution in [0.2, 0.25) is 0 Å². The molecule has 0 spiro atoms. The third-order valence-electron chi connectivity index (χ3n) is 6.51. The largest absolute Gasteiger partial charge is 0.542 e. The second-order valence-electron chi connectivity index (χ2n) is 9.17. The summed E-state index contributed by atoms with van der Waals surface area (Å²) in [5, 5.41) is 0. The Hall–Kier alpha value is -3.04. The molecule has 0 amide bonds. The van der Waals surface area contributed by atoms with Crippen LogP contribution in [-0.2, 0) is 84.3 Å².